The van der Waals surface area contributed by atoms with Crippen LogP contribution in [0.2, 0.25) is 0 Å². The molecule has 0 bridgehead atoms. The number of nitro benzene ring substituents is 1. The predicted molar refractivity (Wildman–Crippen MR) is 90.5 cm³/mol. The molecule has 0 atom stereocenters. The number of hydrogen-bond donors (Lipinski definition) is 0. The molecular formula is C17H15F3N4O3. The molecule has 0 N–H and O–H groups in total. The third kappa shape index (κ3) is 3.99. The number of rotatable bonds is 3. The lowest BCUT2D eigenvalue weighted by Crippen LogP contribution is -2.49. The first-order valence-electron chi connectivity index (χ1n) is 8.07. The fourth-order valence-electron chi connectivity index (χ4n) is 2.94. The first-order chi connectivity index (χ1) is 12.8. The van der Waals surface area contributed by atoms with E-state index in [1.54, 1.807) is 28.1 Å². The van der Waals surface area contributed by atoms with E-state index in [9.17, 15) is 28.1 Å². The van der Waals surface area contributed by atoms with Crippen LogP contribution in [0.25, 0.3) is 0 Å². The zero-order valence-electron chi connectivity index (χ0n) is 14.0. The van der Waals surface area contributed by atoms with Crippen molar-refractivity contribution in [1.82, 2.24) is 9.88 Å². The number of piperazine rings is 1. The van der Waals surface area contributed by atoms with Crippen molar-refractivity contribution >= 4 is 17.3 Å². The number of carbonyl (C=O) groups is 1. The first kappa shape index (κ1) is 18.6. The molecule has 0 aliphatic carbocycles. The Labute approximate surface area is 152 Å². The standard InChI is InChI=1S/C17H15F3N4O3/c18-17(19,20)13-3-4-14(15(10-13)24(26)27)22-6-8-23(9-7-22)16(25)12-2-1-5-21-11-12/h1-5,10-11H,6-9H2. The number of nitrogens with zero attached hydrogens (tertiary/aromatic N) is 4. The van der Waals surface area contributed by atoms with E-state index >= 15 is 0 Å². The van der Waals surface area contributed by atoms with Gasteiger partial charge in [0, 0.05) is 44.6 Å². The van der Waals surface area contributed by atoms with Crippen molar-refractivity contribution in [3.63, 3.8) is 0 Å². The summed E-state index contributed by atoms with van der Waals surface area (Å²) in [6.45, 7) is 1.15. The van der Waals surface area contributed by atoms with E-state index in [-0.39, 0.29) is 24.7 Å². The fraction of sp³-hybridized carbons (Fsp3) is 0.294. The number of pyridine rings is 1. The molecule has 1 aromatic carbocycles. The maximum absolute atomic E-state index is 12.8. The third-order valence-corrected chi connectivity index (χ3v) is 4.32. The Morgan fingerprint density at radius 3 is 2.41 bits per heavy atom. The number of aromatic nitrogens is 1. The van der Waals surface area contributed by atoms with Gasteiger partial charge in [0.05, 0.1) is 16.1 Å². The molecule has 0 spiro atoms. The molecule has 142 valence electrons. The molecule has 27 heavy (non-hydrogen) atoms. The van der Waals surface area contributed by atoms with E-state index in [0.717, 1.165) is 12.1 Å². The molecule has 2 aromatic rings. The van der Waals surface area contributed by atoms with Gasteiger partial charge in [-0.2, -0.15) is 13.2 Å². The van der Waals surface area contributed by atoms with Gasteiger partial charge in [-0.25, -0.2) is 0 Å². The Kier molecular flexibility index (Phi) is 4.98. The van der Waals surface area contributed by atoms with Crippen LogP contribution in [0.5, 0.6) is 0 Å². The van der Waals surface area contributed by atoms with Gasteiger partial charge in [0.25, 0.3) is 11.6 Å². The summed E-state index contributed by atoms with van der Waals surface area (Å²) in [5.41, 5.74) is -1.12. The van der Waals surface area contributed by atoms with E-state index in [2.05, 4.69) is 4.98 Å². The van der Waals surface area contributed by atoms with Gasteiger partial charge in [-0.05, 0) is 24.3 Å². The lowest BCUT2D eigenvalue weighted by molar-refractivity contribution is -0.384. The highest BCUT2D eigenvalue weighted by Crippen LogP contribution is 2.36. The van der Waals surface area contributed by atoms with Gasteiger partial charge in [-0.1, -0.05) is 0 Å². The summed E-state index contributed by atoms with van der Waals surface area (Å²) in [4.78, 5) is 29.9. The smallest absolute Gasteiger partial charge is 0.362 e. The van der Waals surface area contributed by atoms with E-state index < -0.39 is 22.4 Å². The Morgan fingerprint density at radius 2 is 1.85 bits per heavy atom. The van der Waals surface area contributed by atoms with E-state index in [1.807, 2.05) is 0 Å². The summed E-state index contributed by atoms with van der Waals surface area (Å²) in [5.74, 6) is -0.204. The number of carbonyl (C=O) groups excluding carboxylic acids is 1. The number of benzene rings is 1. The predicted octanol–water partition coefficient (Wildman–Crippen LogP) is 2.97. The van der Waals surface area contributed by atoms with Crippen molar-refractivity contribution in [2.24, 2.45) is 0 Å². The molecule has 1 aromatic heterocycles. The van der Waals surface area contributed by atoms with Gasteiger partial charge >= 0.3 is 6.18 Å². The second-order valence-corrected chi connectivity index (χ2v) is 5.98. The molecule has 2 heterocycles. The topological polar surface area (TPSA) is 79.6 Å². The Morgan fingerprint density at radius 1 is 1.15 bits per heavy atom. The molecule has 0 saturated carbocycles. The van der Waals surface area contributed by atoms with Crippen molar-refractivity contribution in [1.29, 1.82) is 0 Å². The highest BCUT2D eigenvalue weighted by molar-refractivity contribution is 5.94. The van der Waals surface area contributed by atoms with Crippen molar-refractivity contribution in [2.45, 2.75) is 6.18 Å². The fourth-order valence-corrected chi connectivity index (χ4v) is 2.94. The van der Waals surface area contributed by atoms with E-state index in [0.29, 0.717) is 24.7 Å². The number of alkyl halides is 3. The Balaban J connectivity index is 1.76. The van der Waals surface area contributed by atoms with Crippen LogP contribution in [0.15, 0.2) is 42.7 Å². The zero-order valence-corrected chi connectivity index (χ0v) is 14.0. The van der Waals surface area contributed by atoms with E-state index in [1.165, 1.54) is 6.20 Å². The van der Waals surface area contributed by atoms with Crippen molar-refractivity contribution in [3.8, 4) is 0 Å². The van der Waals surface area contributed by atoms with Gasteiger partial charge in [-0.15, -0.1) is 0 Å². The van der Waals surface area contributed by atoms with Gasteiger partial charge in [-0.3, -0.25) is 19.9 Å². The molecule has 7 nitrogen and oxygen atoms in total. The van der Waals surface area contributed by atoms with Crippen molar-refractivity contribution in [3.05, 3.63) is 64.0 Å². The lowest BCUT2D eigenvalue weighted by Gasteiger charge is -2.35. The maximum atomic E-state index is 12.8. The van der Waals surface area contributed by atoms with Crippen LogP contribution in [-0.4, -0.2) is 46.9 Å². The summed E-state index contributed by atoms with van der Waals surface area (Å²) >= 11 is 0. The summed E-state index contributed by atoms with van der Waals surface area (Å²) < 4.78 is 38.5. The maximum Gasteiger partial charge on any atom is 0.416 e. The van der Waals surface area contributed by atoms with Crippen LogP contribution >= 0.6 is 0 Å². The highest BCUT2D eigenvalue weighted by Gasteiger charge is 2.34. The van der Waals surface area contributed by atoms with Crippen molar-refractivity contribution in [2.75, 3.05) is 31.1 Å². The highest BCUT2D eigenvalue weighted by atomic mass is 19.4. The second kappa shape index (κ2) is 7.22. The average molecular weight is 380 g/mol. The van der Waals surface area contributed by atoms with Crippen LogP contribution < -0.4 is 4.90 Å². The molecule has 1 fully saturated rings. The van der Waals surface area contributed by atoms with Gasteiger partial charge in [0.2, 0.25) is 0 Å². The molecule has 1 saturated heterocycles. The summed E-state index contributed by atoms with van der Waals surface area (Å²) in [6.07, 6.45) is -1.65. The zero-order chi connectivity index (χ0) is 19.6. The largest absolute Gasteiger partial charge is 0.416 e. The van der Waals surface area contributed by atoms with Crippen LogP contribution in [-0.2, 0) is 6.18 Å². The third-order valence-electron chi connectivity index (χ3n) is 4.32. The normalized spacial score (nSPS) is 14.9. The first-order valence-corrected chi connectivity index (χ1v) is 8.07. The van der Waals surface area contributed by atoms with Crippen LogP contribution in [0, 0.1) is 10.1 Å². The van der Waals surface area contributed by atoms with Gasteiger partial charge < -0.3 is 9.80 Å². The number of nitro groups is 1. The van der Waals surface area contributed by atoms with Crippen LogP contribution in [0.4, 0.5) is 24.5 Å². The Hall–Kier alpha value is -3.17. The molecule has 3 rings (SSSR count). The van der Waals surface area contributed by atoms with Crippen molar-refractivity contribution < 1.29 is 22.9 Å². The molecular weight excluding hydrogens is 365 g/mol. The number of hydrogen-bond acceptors (Lipinski definition) is 5. The Bertz CT molecular complexity index is 850. The minimum Gasteiger partial charge on any atom is -0.362 e. The lowest BCUT2D eigenvalue weighted by atomic mass is 10.1. The van der Waals surface area contributed by atoms with Crippen LogP contribution in [0.3, 0.4) is 0 Å². The summed E-state index contributed by atoms with van der Waals surface area (Å²) in [6, 6.07) is 5.77. The number of anilines is 1. The second-order valence-electron chi connectivity index (χ2n) is 5.98. The molecule has 0 radical (unpaired) electrons. The summed E-state index contributed by atoms with van der Waals surface area (Å²) in [5, 5.41) is 11.2. The van der Waals surface area contributed by atoms with Crippen LogP contribution in [0.1, 0.15) is 15.9 Å². The van der Waals surface area contributed by atoms with Gasteiger partial charge in [0.1, 0.15) is 5.69 Å². The minimum atomic E-state index is -4.65. The van der Waals surface area contributed by atoms with Gasteiger partial charge in [0.15, 0.2) is 0 Å². The monoisotopic (exact) mass is 380 g/mol. The minimum absolute atomic E-state index is 0.112. The quantitative estimate of drug-likeness (QED) is 0.604. The SMILES string of the molecule is O=C(c1cccnc1)N1CCN(c2ccc(C(F)(F)F)cc2[N+](=O)[O-])CC1. The number of halogens is 3. The molecule has 10 heteroatoms. The average Bonchev–Trinajstić information content (AvgIpc) is 2.67. The summed E-state index contributed by atoms with van der Waals surface area (Å²) in [7, 11) is 0. The molecule has 1 aliphatic rings. The van der Waals surface area contributed by atoms with E-state index in [4.69, 9.17) is 0 Å². The number of amides is 1. The molecule has 1 amide bonds. The molecule has 0 unspecified atom stereocenters. The molecule has 1 aliphatic heterocycles.